The van der Waals surface area contributed by atoms with Gasteiger partial charge < -0.3 is 0 Å². The van der Waals surface area contributed by atoms with E-state index in [1.807, 2.05) is 6.08 Å². The Morgan fingerprint density at radius 3 is 2.74 bits per heavy atom. The first-order chi connectivity index (χ1) is 11.2. The molecule has 0 aromatic carbocycles. The number of allylic oxidation sites excluding steroid dienone is 1. The lowest BCUT2D eigenvalue weighted by Gasteiger charge is -2.53. The van der Waals surface area contributed by atoms with Crippen LogP contribution in [0.1, 0.15) is 64.2 Å². The number of alkyl halides is 1. The average Bonchev–Trinajstić information content (AvgIpc) is 2.89. The van der Waals surface area contributed by atoms with Crippen molar-refractivity contribution in [3.05, 3.63) is 11.6 Å². The molecule has 0 aromatic rings. The summed E-state index contributed by atoms with van der Waals surface area (Å²) in [6.45, 7) is -0.298. The SMILES string of the molecule is O=C1C=C2CC[C@@H]3[C@H](CC[C@]4(CCCF)C(=O)CC[C@@H]34)[C@H]2CC1. The van der Waals surface area contributed by atoms with E-state index in [4.69, 9.17) is 0 Å². The molecule has 0 saturated heterocycles. The minimum absolute atomic E-state index is 0.195. The van der Waals surface area contributed by atoms with Gasteiger partial charge in [-0.1, -0.05) is 5.57 Å². The van der Waals surface area contributed by atoms with Crippen LogP contribution in [-0.4, -0.2) is 18.2 Å². The van der Waals surface area contributed by atoms with Gasteiger partial charge in [-0.05, 0) is 81.1 Å². The van der Waals surface area contributed by atoms with Crippen LogP contribution < -0.4 is 0 Å². The van der Waals surface area contributed by atoms with E-state index in [-0.39, 0.29) is 12.1 Å². The normalized spacial score (nSPS) is 42.7. The summed E-state index contributed by atoms with van der Waals surface area (Å²) in [5, 5.41) is 0. The monoisotopic (exact) mass is 318 g/mol. The first-order valence-electron chi connectivity index (χ1n) is 9.48. The highest BCUT2D eigenvalue weighted by Gasteiger charge is 2.57. The molecule has 0 aliphatic heterocycles. The molecular weight excluding hydrogens is 291 g/mol. The van der Waals surface area contributed by atoms with Gasteiger partial charge in [0.1, 0.15) is 5.78 Å². The minimum atomic E-state index is -0.298. The van der Waals surface area contributed by atoms with Crippen molar-refractivity contribution < 1.29 is 14.0 Å². The number of fused-ring (bicyclic) bond motifs is 5. The third-order valence-electron chi connectivity index (χ3n) is 7.50. The van der Waals surface area contributed by atoms with Gasteiger partial charge in [0.05, 0.1) is 6.67 Å². The Hall–Kier alpha value is -0.990. The van der Waals surface area contributed by atoms with Crippen LogP contribution in [0, 0.1) is 29.1 Å². The van der Waals surface area contributed by atoms with Gasteiger partial charge in [0.2, 0.25) is 0 Å². The standard InChI is InChI=1S/C20H27FO2/c21-11-1-9-20-10-8-16-15-5-3-14(22)12-13(15)2-4-17(16)18(20)6-7-19(20)23/h12,15-18H,1-11H2/t15-,16+,17+,18-,20-/m0/s1. The Kier molecular flexibility index (Phi) is 3.93. The number of carbonyl (C=O) groups is 2. The van der Waals surface area contributed by atoms with E-state index < -0.39 is 0 Å². The number of halogens is 1. The van der Waals surface area contributed by atoms with Crippen LogP contribution in [0.5, 0.6) is 0 Å². The zero-order valence-corrected chi connectivity index (χ0v) is 13.9. The highest BCUT2D eigenvalue weighted by molar-refractivity contribution is 5.91. The zero-order valence-electron chi connectivity index (χ0n) is 13.9. The van der Waals surface area contributed by atoms with Crippen molar-refractivity contribution in [2.75, 3.05) is 6.67 Å². The van der Waals surface area contributed by atoms with Crippen LogP contribution in [-0.2, 0) is 9.59 Å². The maximum atomic E-state index is 12.8. The molecule has 4 aliphatic rings. The van der Waals surface area contributed by atoms with Crippen LogP contribution in [0.25, 0.3) is 0 Å². The lowest BCUT2D eigenvalue weighted by atomic mass is 9.51. The fourth-order valence-corrected chi connectivity index (χ4v) is 6.60. The molecule has 4 aliphatic carbocycles. The van der Waals surface area contributed by atoms with E-state index >= 15 is 0 Å². The summed E-state index contributed by atoms with van der Waals surface area (Å²) in [6, 6.07) is 0. The molecule has 0 heterocycles. The molecule has 0 radical (unpaired) electrons. The largest absolute Gasteiger partial charge is 0.299 e. The molecule has 4 rings (SSSR count). The Morgan fingerprint density at radius 1 is 1.04 bits per heavy atom. The topological polar surface area (TPSA) is 34.1 Å². The zero-order chi connectivity index (χ0) is 16.0. The lowest BCUT2D eigenvalue weighted by Crippen LogP contribution is -2.48. The molecule has 126 valence electrons. The van der Waals surface area contributed by atoms with Crippen LogP contribution >= 0.6 is 0 Å². The first-order valence-corrected chi connectivity index (χ1v) is 9.48. The second-order valence-electron chi connectivity index (χ2n) is 8.25. The van der Waals surface area contributed by atoms with Crippen molar-refractivity contribution in [2.45, 2.75) is 64.2 Å². The van der Waals surface area contributed by atoms with E-state index in [2.05, 4.69) is 0 Å². The maximum absolute atomic E-state index is 12.8. The molecule has 2 nitrogen and oxygen atoms in total. The Balaban J connectivity index is 1.60. The molecule has 0 aromatic heterocycles. The second-order valence-corrected chi connectivity index (χ2v) is 8.25. The highest BCUT2D eigenvalue weighted by atomic mass is 19.1. The summed E-state index contributed by atoms with van der Waals surface area (Å²) in [4.78, 5) is 24.4. The number of Topliss-reactive ketones (excluding diaryl/α,β-unsaturated/α-hetero) is 1. The summed E-state index contributed by atoms with van der Waals surface area (Å²) in [7, 11) is 0. The molecule has 0 bridgehead atoms. The van der Waals surface area contributed by atoms with E-state index in [1.54, 1.807) is 0 Å². The molecular formula is C20H27FO2. The fraction of sp³-hybridized carbons (Fsp3) is 0.800. The van der Waals surface area contributed by atoms with Gasteiger partial charge in [-0.15, -0.1) is 0 Å². The van der Waals surface area contributed by atoms with E-state index in [0.717, 1.165) is 44.9 Å². The van der Waals surface area contributed by atoms with Crippen molar-refractivity contribution in [1.29, 1.82) is 0 Å². The van der Waals surface area contributed by atoms with Gasteiger partial charge in [-0.3, -0.25) is 14.0 Å². The molecule has 3 saturated carbocycles. The molecule has 0 amide bonds. The van der Waals surface area contributed by atoms with Gasteiger partial charge in [-0.25, -0.2) is 0 Å². The van der Waals surface area contributed by atoms with Crippen molar-refractivity contribution in [3.63, 3.8) is 0 Å². The molecule has 3 fully saturated rings. The fourth-order valence-electron chi connectivity index (χ4n) is 6.60. The van der Waals surface area contributed by atoms with Crippen molar-refractivity contribution in [1.82, 2.24) is 0 Å². The number of hydrogen-bond donors (Lipinski definition) is 0. The van der Waals surface area contributed by atoms with Crippen molar-refractivity contribution in [2.24, 2.45) is 29.1 Å². The Morgan fingerprint density at radius 2 is 1.91 bits per heavy atom. The third-order valence-corrected chi connectivity index (χ3v) is 7.50. The summed E-state index contributed by atoms with van der Waals surface area (Å²) < 4.78 is 12.8. The Bertz CT molecular complexity index is 552. The predicted molar refractivity (Wildman–Crippen MR) is 86.6 cm³/mol. The lowest BCUT2D eigenvalue weighted by molar-refractivity contribution is -0.133. The number of hydrogen-bond acceptors (Lipinski definition) is 2. The molecule has 0 spiro atoms. The summed E-state index contributed by atoms with van der Waals surface area (Å²) in [5.74, 6) is 3.09. The summed E-state index contributed by atoms with van der Waals surface area (Å²) >= 11 is 0. The van der Waals surface area contributed by atoms with Crippen LogP contribution in [0.4, 0.5) is 4.39 Å². The minimum Gasteiger partial charge on any atom is -0.299 e. The van der Waals surface area contributed by atoms with Crippen molar-refractivity contribution >= 4 is 11.6 Å². The summed E-state index contributed by atoms with van der Waals surface area (Å²) in [5.41, 5.74) is 1.20. The highest BCUT2D eigenvalue weighted by Crippen LogP contribution is 2.62. The molecule has 0 unspecified atom stereocenters. The number of ketones is 2. The average molecular weight is 318 g/mol. The maximum Gasteiger partial charge on any atom is 0.155 e. The molecule has 3 heteroatoms. The molecule has 5 atom stereocenters. The number of rotatable bonds is 3. The van der Waals surface area contributed by atoms with Gasteiger partial charge in [0.25, 0.3) is 0 Å². The smallest absolute Gasteiger partial charge is 0.155 e. The summed E-state index contributed by atoms with van der Waals surface area (Å²) in [6.07, 6.45) is 10.9. The third kappa shape index (κ3) is 2.34. The first kappa shape index (κ1) is 15.5. The van der Waals surface area contributed by atoms with Gasteiger partial charge in [0.15, 0.2) is 5.78 Å². The molecule has 23 heavy (non-hydrogen) atoms. The second kappa shape index (κ2) is 5.82. The number of carbonyl (C=O) groups excluding carboxylic acids is 2. The van der Waals surface area contributed by atoms with Gasteiger partial charge in [-0.2, -0.15) is 0 Å². The van der Waals surface area contributed by atoms with Crippen molar-refractivity contribution in [3.8, 4) is 0 Å². The molecule has 0 N–H and O–H groups in total. The van der Waals surface area contributed by atoms with Crippen LogP contribution in [0.2, 0.25) is 0 Å². The van der Waals surface area contributed by atoms with E-state index in [0.29, 0.717) is 54.5 Å². The van der Waals surface area contributed by atoms with Crippen LogP contribution in [0.3, 0.4) is 0 Å². The predicted octanol–water partition coefficient (Wildman–Crippen LogP) is 4.43. The Labute approximate surface area is 137 Å². The van der Waals surface area contributed by atoms with Gasteiger partial charge in [0, 0.05) is 18.3 Å². The quantitative estimate of drug-likeness (QED) is 0.771. The van der Waals surface area contributed by atoms with E-state index in [1.165, 1.54) is 5.57 Å². The van der Waals surface area contributed by atoms with Gasteiger partial charge >= 0.3 is 0 Å². The van der Waals surface area contributed by atoms with E-state index in [9.17, 15) is 14.0 Å². The van der Waals surface area contributed by atoms with Crippen LogP contribution in [0.15, 0.2) is 11.6 Å².